The quantitative estimate of drug-likeness (QED) is 0.251. The van der Waals surface area contributed by atoms with Crippen molar-refractivity contribution >= 4 is 27.9 Å². The molecule has 2 aromatic carbocycles. The van der Waals surface area contributed by atoms with Crippen LogP contribution in [0.2, 0.25) is 0 Å². The number of carbonyl (C=O) groups is 1. The fourth-order valence-corrected chi connectivity index (χ4v) is 8.29. The molecule has 3 atom stereocenters. The fourth-order valence-electron chi connectivity index (χ4n) is 7.38. The molecule has 9 nitrogen and oxygen atoms in total. The van der Waals surface area contributed by atoms with Gasteiger partial charge in [0, 0.05) is 36.4 Å². The van der Waals surface area contributed by atoms with Gasteiger partial charge in [-0.2, -0.15) is 14.0 Å². The van der Waals surface area contributed by atoms with Gasteiger partial charge in [-0.05, 0) is 76.4 Å². The zero-order chi connectivity index (χ0) is 33.6. The van der Waals surface area contributed by atoms with Gasteiger partial charge in [-0.3, -0.25) is 9.78 Å². The van der Waals surface area contributed by atoms with E-state index >= 15 is 4.39 Å². The van der Waals surface area contributed by atoms with Crippen LogP contribution in [0.1, 0.15) is 86.5 Å². The van der Waals surface area contributed by atoms with Crippen LogP contribution in [-0.2, 0) is 16.5 Å². The number of imidazole rings is 1. The summed E-state index contributed by atoms with van der Waals surface area (Å²) in [6.45, 7) is 4.18. The summed E-state index contributed by atoms with van der Waals surface area (Å²) in [6.07, 6.45) is 2.51. The van der Waals surface area contributed by atoms with Crippen LogP contribution in [0.15, 0.2) is 48.7 Å². The second-order valence-electron chi connectivity index (χ2n) is 14.0. The molecule has 244 valence electrons. The molecule has 4 aromatic rings. The first-order chi connectivity index (χ1) is 22.1. The highest BCUT2D eigenvalue weighted by atomic mass is 32.2. The number of benzene rings is 2. The Morgan fingerprint density at radius 1 is 1.15 bits per heavy atom. The van der Waals surface area contributed by atoms with Crippen LogP contribution in [0.25, 0.3) is 22.2 Å². The zero-order valence-corrected chi connectivity index (χ0v) is 27.3. The molecule has 1 amide bonds. The van der Waals surface area contributed by atoms with Crippen LogP contribution in [0, 0.1) is 22.6 Å². The van der Waals surface area contributed by atoms with Gasteiger partial charge < -0.3 is 14.2 Å². The number of carbonyl (C=O) groups excluding carboxylic acids is 1. The lowest BCUT2D eigenvalue weighted by atomic mass is 9.58. The lowest BCUT2D eigenvalue weighted by Gasteiger charge is -2.51. The molecule has 1 N–H and O–H groups in total. The van der Waals surface area contributed by atoms with E-state index in [1.807, 2.05) is 31.4 Å². The fraction of sp³-hybridized carbons (Fsp3) is 0.412. The molecular formula is C34H33F3N6O3S. The molecule has 1 fully saturated rings. The first kappa shape index (κ1) is 31.3. The number of nitrogens with zero attached hydrogens (tertiary/aromatic N) is 5. The molecule has 3 aliphatic rings. The number of hydrogen-bond acceptors (Lipinski definition) is 6. The van der Waals surface area contributed by atoms with Gasteiger partial charge in [0.1, 0.15) is 17.4 Å². The van der Waals surface area contributed by atoms with Gasteiger partial charge >= 0.3 is 6.61 Å². The van der Waals surface area contributed by atoms with Crippen LogP contribution in [0.5, 0.6) is 5.75 Å². The third kappa shape index (κ3) is 4.92. The molecule has 2 aromatic heterocycles. The van der Waals surface area contributed by atoms with Gasteiger partial charge in [0.15, 0.2) is 0 Å². The number of alkyl halides is 2. The van der Waals surface area contributed by atoms with Crippen molar-refractivity contribution in [2.45, 2.75) is 75.9 Å². The van der Waals surface area contributed by atoms with Gasteiger partial charge in [-0.25, -0.2) is 18.3 Å². The maximum absolute atomic E-state index is 16.0. The van der Waals surface area contributed by atoms with Gasteiger partial charge in [0.05, 0.1) is 61.6 Å². The smallest absolute Gasteiger partial charge is 0.387 e. The van der Waals surface area contributed by atoms with E-state index in [0.717, 1.165) is 0 Å². The lowest BCUT2D eigenvalue weighted by molar-refractivity contribution is -0.0507. The Hall–Kier alpha value is -4.28. The topological polar surface area (TPSA) is 113 Å². The third-order valence-corrected chi connectivity index (χ3v) is 11.2. The minimum absolute atomic E-state index is 0.0592. The molecule has 13 heteroatoms. The predicted octanol–water partition coefficient (Wildman–Crippen LogP) is 6.53. The van der Waals surface area contributed by atoms with E-state index in [-0.39, 0.29) is 30.2 Å². The Morgan fingerprint density at radius 2 is 1.89 bits per heavy atom. The number of pyridine rings is 1. The Labute approximate surface area is 272 Å². The number of halogens is 3. The minimum atomic E-state index is -3.07. The Morgan fingerprint density at radius 3 is 2.55 bits per heavy atom. The summed E-state index contributed by atoms with van der Waals surface area (Å²) in [4.78, 5) is 24.4. The summed E-state index contributed by atoms with van der Waals surface area (Å²) in [5.74, 6) is -0.320. The average Bonchev–Trinajstić information content (AvgIpc) is 3.52. The Balaban J connectivity index is 1.30. The highest BCUT2D eigenvalue weighted by Gasteiger charge is 2.57. The van der Waals surface area contributed by atoms with Crippen molar-refractivity contribution in [1.29, 1.82) is 5.26 Å². The first-order valence-corrected chi connectivity index (χ1v) is 16.4. The van der Waals surface area contributed by atoms with Crippen molar-refractivity contribution in [2.24, 2.45) is 5.41 Å². The second-order valence-corrected chi connectivity index (χ2v) is 15.9. The Bertz CT molecular complexity index is 2030. The summed E-state index contributed by atoms with van der Waals surface area (Å²) in [6, 6.07) is 12.8. The molecule has 1 saturated carbocycles. The van der Waals surface area contributed by atoms with Crippen molar-refractivity contribution in [3.05, 3.63) is 77.1 Å². The van der Waals surface area contributed by atoms with Crippen LogP contribution >= 0.6 is 0 Å². The molecule has 7 rings (SSSR count). The molecular weight excluding hydrogens is 629 g/mol. The first-order valence-electron chi connectivity index (χ1n) is 15.3. The average molecular weight is 663 g/mol. The largest absolute Gasteiger partial charge is 0.434 e. The normalized spacial score (nSPS) is 25.6. The van der Waals surface area contributed by atoms with E-state index in [4.69, 9.17) is 9.72 Å². The zero-order valence-electron chi connectivity index (χ0n) is 26.5. The standard InChI is InChI=1S/C34H33F3N6O3S/c1-32(2,3)47(45)41-34(15-33(4,16-34)17-38)28-21(35)11-19(14-39-28)18-9-10-22-23(12-18)43-24-13-25(29(43)40-22)42(5)30(44)20-7-6-8-26(27(20)24)46-31(36)37/h6-12,14,24-25,31,41H,13,15-16H2,1-5H3/t24-,25+,33?,34?,47?/m0/s1. The molecule has 4 heterocycles. The van der Waals surface area contributed by atoms with Crippen LogP contribution in [0.4, 0.5) is 13.2 Å². The van der Waals surface area contributed by atoms with Crippen molar-refractivity contribution in [1.82, 2.24) is 24.2 Å². The van der Waals surface area contributed by atoms with E-state index in [0.29, 0.717) is 45.5 Å². The van der Waals surface area contributed by atoms with Gasteiger partial charge in [0.25, 0.3) is 5.91 Å². The monoisotopic (exact) mass is 662 g/mol. The molecule has 2 aliphatic heterocycles. The Kier molecular flexibility index (Phi) is 7.08. The highest BCUT2D eigenvalue weighted by molar-refractivity contribution is 7.84. The number of ether oxygens (including phenoxy) is 1. The van der Waals surface area contributed by atoms with Crippen LogP contribution in [0.3, 0.4) is 0 Å². The van der Waals surface area contributed by atoms with Crippen molar-refractivity contribution in [3.8, 4) is 22.9 Å². The van der Waals surface area contributed by atoms with Crippen molar-refractivity contribution in [3.63, 3.8) is 0 Å². The molecule has 0 saturated heterocycles. The maximum Gasteiger partial charge on any atom is 0.387 e. The summed E-state index contributed by atoms with van der Waals surface area (Å²) in [7, 11) is 0.145. The summed E-state index contributed by atoms with van der Waals surface area (Å²) >= 11 is 0. The van der Waals surface area contributed by atoms with E-state index in [1.54, 1.807) is 43.3 Å². The van der Waals surface area contributed by atoms with Crippen molar-refractivity contribution < 1.29 is 26.9 Å². The van der Waals surface area contributed by atoms with Crippen LogP contribution < -0.4 is 9.46 Å². The number of amides is 1. The third-order valence-electron chi connectivity index (χ3n) is 9.53. The minimum Gasteiger partial charge on any atom is -0.434 e. The molecule has 47 heavy (non-hydrogen) atoms. The number of rotatable bonds is 6. The van der Waals surface area contributed by atoms with E-state index in [1.165, 1.54) is 18.2 Å². The van der Waals surface area contributed by atoms with Crippen molar-refractivity contribution in [2.75, 3.05) is 7.05 Å². The summed E-state index contributed by atoms with van der Waals surface area (Å²) < 4.78 is 65.4. The second kappa shape index (κ2) is 10.6. The molecule has 1 aliphatic carbocycles. The van der Waals surface area contributed by atoms with Gasteiger partial charge in [-0.15, -0.1) is 0 Å². The summed E-state index contributed by atoms with van der Waals surface area (Å²) in [5, 5.41) is 9.69. The van der Waals surface area contributed by atoms with Gasteiger partial charge in [-0.1, -0.05) is 12.1 Å². The lowest BCUT2D eigenvalue weighted by Crippen LogP contribution is -2.59. The highest BCUT2D eigenvalue weighted by Crippen LogP contribution is 2.54. The predicted molar refractivity (Wildman–Crippen MR) is 169 cm³/mol. The number of hydrogen-bond donors (Lipinski definition) is 1. The maximum atomic E-state index is 16.0. The summed E-state index contributed by atoms with van der Waals surface area (Å²) in [5.41, 5.74) is 1.48. The van der Waals surface area contributed by atoms with Crippen LogP contribution in [-0.4, -0.2) is 48.0 Å². The van der Waals surface area contributed by atoms with Gasteiger partial charge in [0.2, 0.25) is 0 Å². The number of aromatic nitrogens is 3. The SMILES string of the molecule is CN1C(=O)c2cccc(OC(F)F)c2[C@@H]2C[C@@H]1c1nc3ccc(-c4cnc(C5(NS(=O)C(C)(C)C)CC(C)(C#N)C5)c(F)c4)cc3n12. The number of nitriles is 1. The molecule has 0 radical (unpaired) electrons. The molecule has 1 unspecified atom stereocenters. The number of fused-ring (bicyclic) bond motifs is 9. The van der Waals surface area contributed by atoms with E-state index in [2.05, 4.69) is 15.8 Å². The molecule has 2 bridgehead atoms. The molecule has 0 spiro atoms. The van der Waals surface area contributed by atoms with E-state index < -0.39 is 51.2 Å². The van der Waals surface area contributed by atoms with E-state index in [9.17, 15) is 23.0 Å². The number of nitrogens with one attached hydrogen (secondary N) is 1.